The summed E-state index contributed by atoms with van der Waals surface area (Å²) in [5, 5.41) is 0. The molecule has 0 bridgehead atoms. The van der Waals surface area contributed by atoms with E-state index >= 15 is 0 Å². The molecule has 3 rings (SSSR count). The van der Waals surface area contributed by atoms with Crippen molar-refractivity contribution in [3.63, 3.8) is 0 Å². The lowest BCUT2D eigenvalue weighted by molar-refractivity contribution is 0.308. The molecule has 0 unspecified atom stereocenters. The van der Waals surface area contributed by atoms with Crippen molar-refractivity contribution in [3.8, 4) is 5.75 Å². The maximum absolute atomic E-state index is 5.84. The van der Waals surface area contributed by atoms with E-state index in [2.05, 4.69) is 17.1 Å². The van der Waals surface area contributed by atoms with Crippen LogP contribution in [0.15, 0.2) is 54.9 Å². The predicted molar refractivity (Wildman–Crippen MR) is 82.1 cm³/mol. The van der Waals surface area contributed by atoms with E-state index in [0.717, 1.165) is 22.7 Å². The largest absolute Gasteiger partial charge is 0.485 e. The molecule has 2 heterocycles. The molecule has 2 aromatic heterocycles. The number of fused-ring (bicyclic) bond motifs is 1. The smallest absolute Gasteiger partial charge is 0.179 e. The summed E-state index contributed by atoms with van der Waals surface area (Å²) in [4.78, 5) is 4.37. The van der Waals surface area contributed by atoms with Crippen molar-refractivity contribution in [2.24, 2.45) is 0 Å². The highest BCUT2D eigenvalue weighted by atomic mass is 16.5. The van der Waals surface area contributed by atoms with Gasteiger partial charge in [-0.25, -0.2) is 4.98 Å². The first kappa shape index (κ1) is 14.1. The van der Waals surface area contributed by atoms with Crippen LogP contribution in [0, 0.1) is 6.92 Å². The van der Waals surface area contributed by atoms with Gasteiger partial charge in [-0.3, -0.25) is 0 Å². The highest BCUT2D eigenvalue weighted by Crippen LogP contribution is 2.20. The number of aromatic nitrogens is 2. The first-order valence-electron chi connectivity index (χ1n) is 6.94. The van der Waals surface area contributed by atoms with Crippen LogP contribution in [0.3, 0.4) is 0 Å². The van der Waals surface area contributed by atoms with Crippen LogP contribution in [0.4, 0.5) is 0 Å². The minimum atomic E-state index is 0.562. The summed E-state index contributed by atoms with van der Waals surface area (Å²) in [6.45, 7) is 6.59. The summed E-state index contributed by atoms with van der Waals surface area (Å²) < 4.78 is 7.86. The van der Waals surface area contributed by atoms with Crippen molar-refractivity contribution in [1.29, 1.82) is 0 Å². The highest BCUT2D eigenvalue weighted by Gasteiger charge is 2.05. The Labute approximate surface area is 119 Å². The second-order valence-electron chi connectivity index (χ2n) is 4.24. The number of pyridine rings is 1. The molecule has 1 aromatic carbocycles. The maximum Gasteiger partial charge on any atom is 0.179 e. The van der Waals surface area contributed by atoms with Gasteiger partial charge in [0, 0.05) is 18.1 Å². The normalized spacial score (nSPS) is 9.95. The third-order valence-corrected chi connectivity index (χ3v) is 2.92. The fraction of sp³-hybridized carbons (Fsp3) is 0.235. The minimum absolute atomic E-state index is 0.562. The number of hydrogen-bond acceptors (Lipinski definition) is 2. The van der Waals surface area contributed by atoms with Gasteiger partial charge in [0.05, 0.1) is 0 Å². The molecule has 3 nitrogen and oxygen atoms in total. The lowest BCUT2D eigenvalue weighted by Crippen LogP contribution is -1.97. The van der Waals surface area contributed by atoms with E-state index in [1.54, 1.807) is 0 Å². The van der Waals surface area contributed by atoms with Gasteiger partial charge in [0.1, 0.15) is 6.61 Å². The van der Waals surface area contributed by atoms with E-state index in [4.69, 9.17) is 4.74 Å². The van der Waals surface area contributed by atoms with Crippen LogP contribution in [0.2, 0.25) is 0 Å². The standard InChI is InChI=1S/C15H14N2O.C2H6/c1-12-10-16-15-14(8-5-9-17(12)15)18-11-13-6-3-2-4-7-13;1-2/h2-10H,11H2,1H3;1-2H3. The van der Waals surface area contributed by atoms with Crippen LogP contribution in [-0.4, -0.2) is 9.38 Å². The Bertz CT molecular complexity index is 659. The molecule has 0 aliphatic rings. The maximum atomic E-state index is 5.84. The molecule has 0 aliphatic carbocycles. The summed E-state index contributed by atoms with van der Waals surface area (Å²) in [7, 11) is 0. The van der Waals surface area contributed by atoms with Crippen molar-refractivity contribution in [3.05, 3.63) is 66.1 Å². The van der Waals surface area contributed by atoms with Crippen LogP contribution < -0.4 is 4.74 Å². The summed E-state index contributed by atoms with van der Waals surface area (Å²) in [6, 6.07) is 14.1. The summed E-state index contributed by atoms with van der Waals surface area (Å²) in [6.07, 6.45) is 3.84. The molecule has 0 saturated heterocycles. The molecule has 20 heavy (non-hydrogen) atoms. The van der Waals surface area contributed by atoms with Crippen molar-refractivity contribution in [2.45, 2.75) is 27.4 Å². The molecule has 0 atom stereocenters. The fourth-order valence-electron chi connectivity index (χ4n) is 1.96. The molecule has 0 aliphatic heterocycles. The molecule has 0 radical (unpaired) electrons. The number of benzene rings is 1. The minimum Gasteiger partial charge on any atom is -0.485 e. The second kappa shape index (κ2) is 6.75. The Morgan fingerprint density at radius 3 is 2.55 bits per heavy atom. The zero-order valence-electron chi connectivity index (χ0n) is 12.2. The molecular weight excluding hydrogens is 248 g/mol. The second-order valence-corrected chi connectivity index (χ2v) is 4.24. The third-order valence-electron chi connectivity index (χ3n) is 2.92. The van der Waals surface area contributed by atoms with Gasteiger partial charge >= 0.3 is 0 Å². The van der Waals surface area contributed by atoms with E-state index < -0.39 is 0 Å². The Hall–Kier alpha value is -2.29. The number of imidazole rings is 1. The molecule has 0 N–H and O–H groups in total. The monoisotopic (exact) mass is 268 g/mol. The van der Waals surface area contributed by atoms with Gasteiger partial charge in [0.15, 0.2) is 11.4 Å². The van der Waals surface area contributed by atoms with E-state index in [1.165, 1.54) is 0 Å². The molecule has 3 heteroatoms. The van der Waals surface area contributed by atoms with Crippen molar-refractivity contribution in [1.82, 2.24) is 9.38 Å². The zero-order valence-corrected chi connectivity index (χ0v) is 12.2. The van der Waals surface area contributed by atoms with E-state index in [9.17, 15) is 0 Å². The summed E-state index contributed by atoms with van der Waals surface area (Å²) in [5.74, 6) is 0.814. The van der Waals surface area contributed by atoms with E-state index in [-0.39, 0.29) is 0 Å². The average molecular weight is 268 g/mol. The van der Waals surface area contributed by atoms with Gasteiger partial charge in [0.2, 0.25) is 0 Å². The Balaban J connectivity index is 0.000000704. The predicted octanol–water partition coefficient (Wildman–Crippen LogP) is 4.25. The molecule has 0 fully saturated rings. The zero-order chi connectivity index (χ0) is 14.4. The Morgan fingerprint density at radius 2 is 1.80 bits per heavy atom. The topological polar surface area (TPSA) is 26.5 Å². The molecule has 0 spiro atoms. The average Bonchev–Trinajstić information content (AvgIpc) is 2.90. The van der Waals surface area contributed by atoms with Crippen LogP contribution in [-0.2, 0) is 6.61 Å². The van der Waals surface area contributed by atoms with Crippen molar-refractivity contribution >= 4 is 5.65 Å². The first-order chi connectivity index (χ1) is 9.84. The molecule has 0 saturated carbocycles. The molecule has 0 amide bonds. The lowest BCUT2D eigenvalue weighted by Gasteiger charge is -2.07. The Morgan fingerprint density at radius 1 is 1.05 bits per heavy atom. The molecule has 3 aromatic rings. The number of rotatable bonds is 3. The molecular formula is C17H20N2O. The number of aryl methyl sites for hydroxylation is 1. The van der Waals surface area contributed by atoms with Crippen molar-refractivity contribution in [2.75, 3.05) is 0 Å². The Kier molecular flexibility index (Phi) is 4.77. The van der Waals surface area contributed by atoms with Gasteiger partial charge in [0.25, 0.3) is 0 Å². The highest BCUT2D eigenvalue weighted by molar-refractivity contribution is 5.54. The molecule has 104 valence electrons. The van der Waals surface area contributed by atoms with Gasteiger partial charge in [-0.15, -0.1) is 0 Å². The van der Waals surface area contributed by atoms with Crippen molar-refractivity contribution < 1.29 is 4.74 Å². The van der Waals surface area contributed by atoms with E-state index in [1.807, 2.05) is 67.9 Å². The van der Waals surface area contributed by atoms with Gasteiger partial charge in [-0.1, -0.05) is 44.2 Å². The van der Waals surface area contributed by atoms with Gasteiger partial charge in [-0.2, -0.15) is 0 Å². The van der Waals surface area contributed by atoms with Crippen LogP contribution in [0.1, 0.15) is 25.1 Å². The summed E-state index contributed by atoms with van der Waals surface area (Å²) >= 11 is 0. The SMILES string of the molecule is CC.Cc1cnc2c(OCc3ccccc3)cccn12. The van der Waals surface area contributed by atoms with E-state index in [0.29, 0.717) is 6.61 Å². The summed E-state index contributed by atoms with van der Waals surface area (Å²) in [5.41, 5.74) is 3.13. The number of ether oxygens (including phenoxy) is 1. The number of hydrogen-bond donors (Lipinski definition) is 0. The van der Waals surface area contributed by atoms with Gasteiger partial charge < -0.3 is 9.14 Å². The lowest BCUT2D eigenvalue weighted by atomic mass is 10.2. The number of nitrogens with zero attached hydrogens (tertiary/aromatic N) is 2. The first-order valence-corrected chi connectivity index (χ1v) is 6.94. The third kappa shape index (κ3) is 2.99. The van der Waals surface area contributed by atoms with Crippen LogP contribution >= 0.6 is 0 Å². The van der Waals surface area contributed by atoms with Crippen LogP contribution in [0.5, 0.6) is 5.75 Å². The fourth-order valence-corrected chi connectivity index (χ4v) is 1.96. The van der Waals surface area contributed by atoms with Crippen LogP contribution in [0.25, 0.3) is 5.65 Å². The quantitative estimate of drug-likeness (QED) is 0.710. The van der Waals surface area contributed by atoms with Gasteiger partial charge in [-0.05, 0) is 24.6 Å².